The molecular formula is C18H20N2O3S. The van der Waals surface area contributed by atoms with E-state index in [-0.39, 0.29) is 17.5 Å². The van der Waals surface area contributed by atoms with Crippen molar-refractivity contribution in [1.29, 1.82) is 0 Å². The van der Waals surface area contributed by atoms with Gasteiger partial charge in [0, 0.05) is 24.1 Å². The molecule has 0 fully saturated rings. The van der Waals surface area contributed by atoms with Gasteiger partial charge in [-0.1, -0.05) is 23.8 Å². The van der Waals surface area contributed by atoms with Gasteiger partial charge >= 0.3 is 0 Å². The van der Waals surface area contributed by atoms with E-state index in [0.717, 1.165) is 10.4 Å². The second-order valence-electron chi connectivity index (χ2n) is 5.14. The normalized spacial score (nSPS) is 11.2. The number of carbonyl (C=O) groups is 2. The van der Waals surface area contributed by atoms with Gasteiger partial charge in [0.25, 0.3) is 11.8 Å². The van der Waals surface area contributed by atoms with Crippen LogP contribution in [0.4, 0.5) is 0 Å². The van der Waals surface area contributed by atoms with E-state index in [2.05, 4.69) is 10.6 Å². The maximum atomic E-state index is 12.4. The molecule has 6 heteroatoms. The maximum Gasteiger partial charge on any atom is 0.267 e. The van der Waals surface area contributed by atoms with E-state index in [1.165, 1.54) is 11.3 Å². The Morgan fingerprint density at radius 1 is 1.21 bits per heavy atom. The van der Waals surface area contributed by atoms with Crippen molar-refractivity contribution in [3.05, 3.63) is 63.5 Å². The van der Waals surface area contributed by atoms with E-state index < -0.39 is 0 Å². The van der Waals surface area contributed by atoms with Crippen LogP contribution in [0.15, 0.2) is 47.5 Å². The average molecular weight is 344 g/mol. The molecule has 2 amide bonds. The summed E-state index contributed by atoms with van der Waals surface area (Å²) in [5, 5.41) is 7.32. The van der Waals surface area contributed by atoms with Crippen molar-refractivity contribution in [2.45, 2.75) is 6.92 Å². The summed E-state index contributed by atoms with van der Waals surface area (Å²) < 4.78 is 4.92. The number of rotatable bonds is 7. The number of hydrogen-bond acceptors (Lipinski definition) is 4. The molecule has 1 aromatic carbocycles. The molecule has 0 saturated carbocycles. The molecular weight excluding hydrogens is 324 g/mol. The number of aryl methyl sites for hydroxylation is 1. The minimum Gasteiger partial charge on any atom is -0.383 e. The van der Waals surface area contributed by atoms with Gasteiger partial charge in [0.2, 0.25) is 0 Å². The summed E-state index contributed by atoms with van der Waals surface area (Å²) in [4.78, 5) is 25.6. The highest BCUT2D eigenvalue weighted by atomic mass is 32.1. The summed E-state index contributed by atoms with van der Waals surface area (Å²) in [6.07, 6.45) is 1.67. The number of nitrogens with one attached hydrogen (secondary N) is 2. The molecule has 0 aliphatic rings. The zero-order valence-corrected chi connectivity index (χ0v) is 14.5. The lowest BCUT2D eigenvalue weighted by atomic mass is 10.1. The molecule has 1 heterocycles. The molecule has 2 N–H and O–H groups in total. The molecule has 0 bridgehead atoms. The van der Waals surface area contributed by atoms with Crippen molar-refractivity contribution < 1.29 is 14.3 Å². The Kier molecular flexibility index (Phi) is 6.72. The first-order valence-corrected chi connectivity index (χ1v) is 8.38. The first kappa shape index (κ1) is 17.9. The van der Waals surface area contributed by atoms with Crippen LogP contribution in [0, 0.1) is 6.92 Å². The topological polar surface area (TPSA) is 67.4 Å². The first-order chi connectivity index (χ1) is 11.6. The van der Waals surface area contributed by atoms with Crippen LogP contribution in [-0.2, 0) is 9.53 Å². The van der Waals surface area contributed by atoms with Crippen LogP contribution in [0.3, 0.4) is 0 Å². The van der Waals surface area contributed by atoms with E-state index in [1.807, 2.05) is 36.6 Å². The highest BCUT2D eigenvalue weighted by molar-refractivity contribution is 7.10. The third kappa shape index (κ3) is 5.33. The van der Waals surface area contributed by atoms with E-state index in [4.69, 9.17) is 4.74 Å². The van der Waals surface area contributed by atoms with Gasteiger partial charge in [0.1, 0.15) is 5.70 Å². The van der Waals surface area contributed by atoms with Gasteiger partial charge in [0.15, 0.2) is 0 Å². The van der Waals surface area contributed by atoms with Gasteiger partial charge in [-0.2, -0.15) is 0 Å². The predicted molar refractivity (Wildman–Crippen MR) is 95.8 cm³/mol. The number of ether oxygens (including phenoxy) is 1. The number of benzene rings is 1. The second-order valence-corrected chi connectivity index (χ2v) is 6.12. The lowest BCUT2D eigenvalue weighted by Gasteiger charge is -2.11. The van der Waals surface area contributed by atoms with Crippen LogP contribution in [0.25, 0.3) is 6.08 Å². The van der Waals surface area contributed by atoms with E-state index in [0.29, 0.717) is 18.7 Å². The minimum absolute atomic E-state index is 0.208. The van der Waals surface area contributed by atoms with Gasteiger partial charge < -0.3 is 15.4 Å². The van der Waals surface area contributed by atoms with Gasteiger partial charge in [0.05, 0.1) is 6.61 Å². The molecule has 1 aromatic heterocycles. The fourth-order valence-electron chi connectivity index (χ4n) is 1.94. The standard InChI is InChI=1S/C18H20N2O3S/c1-13-5-7-14(8-6-13)17(21)20-16(12-15-4-3-11-24-15)18(22)19-9-10-23-2/h3-8,11-12H,9-10H2,1-2H3,(H,19,22)(H,20,21)/b16-12+. The van der Waals surface area contributed by atoms with Crippen LogP contribution < -0.4 is 10.6 Å². The third-order valence-electron chi connectivity index (χ3n) is 3.23. The molecule has 24 heavy (non-hydrogen) atoms. The molecule has 0 unspecified atom stereocenters. The Labute approximate surface area is 145 Å². The summed E-state index contributed by atoms with van der Waals surface area (Å²) in [5.74, 6) is -0.666. The van der Waals surface area contributed by atoms with Crippen molar-refractivity contribution in [1.82, 2.24) is 10.6 Å². The quantitative estimate of drug-likeness (QED) is 0.599. The van der Waals surface area contributed by atoms with Crippen molar-refractivity contribution in [3.63, 3.8) is 0 Å². The van der Waals surface area contributed by atoms with Crippen LogP contribution in [0.1, 0.15) is 20.8 Å². The SMILES string of the molecule is COCCNC(=O)/C(=C\c1cccs1)NC(=O)c1ccc(C)cc1. The van der Waals surface area contributed by atoms with Gasteiger partial charge in [-0.05, 0) is 36.6 Å². The van der Waals surface area contributed by atoms with Crippen LogP contribution >= 0.6 is 11.3 Å². The third-order valence-corrected chi connectivity index (χ3v) is 4.05. The number of methoxy groups -OCH3 is 1. The maximum absolute atomic E-state index is 12.4. The number of hydrogen-bond donors (Lipinski definition) is 2. The molecule has 0 aliphatic heterocycles. The predicted octanol–water partition coefficient (Wildman–Crippen LogP) is 2.59. The smallest absolute Gasteiger partial charge is 0.267 e. The second kappa shape index (κ2) is 9.00. The van der Waals surface area contributed by atoms with Crippen molar-refractivity contribution in [2.75, 3.05) is 20.3 Å². The first-order valence-electron chi connectivity index (χ1n) is 7.50. The molecule has 2 aromatic rings. The zero-order valence-electron chi connectivity index (χ0n) is 13.7. The monoisotopic (exact) mass is 344 g/mol. The number of carbonyl (C=O) groups excluding carboxylic acids is 2. The van der Waals surface area contributed by atoms with Gasteiger partial charge in [-0.25, -0.2) is 0 Å². The highest BCUT2D eigenvalue weighted by Crippen LogP contribution is 2.13. The average Bonchev–Trinajstić information content (AvgIpc) is 3.08. The molecule has 0 aliphatic carbocycles. The molecule has 5 nitrogen and oxygen atoms in total. The Bertz CT molecular complexity index is 706. The summed E-state index contributed by atoms with van der Waals surface area (Å²) >= 11 is 1.49. The van der Waals surface area contributed by atoms with Crippen molar-refractivity contribution in [3.8, 4) is 0 Å². The van der Waals surface area contributed by atoms with Crippen molar-refractivity contribution >= 4 is 29.2 Å². The molecule has 126 valence electrons. The fourth-order valence-corrected chi connectivity index (χ4v) is 2.59. The van der Waals surface area contributed by atoms with Crippen LogP contribution in [-0.4, -0.2) is 32.1 Å². The molecule has 0 atom stereocenters. The molecule has 0 spiro atoms. The van der Waals surface area contributed by atoms with Gasteiger partial charge in [-0.15, -0.1) is 11.3 Å². The lowest BCUT2D eigenvalue weighted by Crippen LogP contribution is -2.36. The minimum atomic E-state index is -0.346. The van der Waals surface area contributed by atoms with Crippen LogP contribution in [0.2, 0.25) is 0 Å². The number of amides is 2. The molecule has 0 radical (unpaired) electrons. The summed E-state index contributed by atoms with van der Waals surface area (Å²) in [7, 11) is 1.56. The van der Waals surface area contributed by atoms with E-state index in [1.54, 1.807) is 25.3 Å². The van der Waals surface area contributed by atoms with Crippen LogP contribution in [0.5, 0.6) is 0 Å². The molecule has 0 saturated heterocycles. The highest BCUT2D eigenvalue weighted by Gasteiger charge is 2.14. The Morgan fingerprint density at radius 3 is 2.58 bits per heavy atom. The summed E-state index contributed by atoms with van der Waals surface area (Å²) in [6.45, 7) is 2.73. The van der Waals surface area contributed by atoms with E-state index in [9.17, 15) is 9.59 Å². The fraction of sp³-hybridized carbons (Fsp3) is 0.222. The number of thiophene rings is 1. The van der Waals surface area contributed by atoms with Gasteiger partial charge in [-0.3, -0.25) is 9.59 Å². The lowest BCUT2D eigenvalue weighted by molar-refractivity contribution is -0.117. The van der Waals surface area contributed by atoms with Crippen molar-refractivity contribution in [2.24, 2.45) is 0 Å². The Morgan fingerprint density at radius 2 is 1.96 bits per heavy atom. The zero-order chi connectivity index (χ0) is 17.4. The summed E-state index contributed by atoms with van der Waals surface area (Å²) in [6, 6.07) is 10.9. The largest absolute Gasteiger partial charge is 0.383 e. The van der Waals surface area contributed by atoms with E-state index >= 15 is 0 Å². The summed E-state index contributed by atoms with van der Waals surface area (Å²) in [5.41, 5.74) is 1.78. The Balaban J connectivity index is 2.14. The molecule has 2 rings (SSSR count). The Hall–Kier alpha value is -2.44.